The standard InChI is InChI=1S/C26H19N2O7.ClH/c1-32-22-7-4-16-10-21-19-12-24-23(33-14-34-24)11-17(19)8-9-27(21)13-20(16)25(22)35-26(29)15-2-5-18(6-3-15)28(30)31;/h2-7,10-13H,8-9,14H2,1H3;1H/q+1;/p-1. The topological polar surface area (TPSA) is 101 Å². The van der Waals surface area contributed by atoms with E-state index in [1.165, 1.54) is 36.9 Å². The molecular formula is C26H19ClN2O7. The zero-order chi connectivity index (χ0) is 24.1. The Hall–Kier alpha value is -4.37. The molecule has 0 saturated carbocycles. The van der Waals surface area contributed by atoms with Gasteiger partial charge < -0.3 is 31.4 Å². The first-order chi connectivity index (χ1) is 17.0. The van der Waals surface area contributed by atoms with E-state index in [0.717, 1.165) is 41.1 Å². The number of fused-ring (bicyclic) bond motifs is 5. The van der Waals surface area contributed by atoms with E-state index in [-0.39, 0.29) is 30.5 Å². The molecule has 0 saturated heterocycles. The number of hydrogen-bond donors (Lipinski definition) is 0. The summed E-state index contributed by atoms with van der Waals surface area (Å²) in [6.07, 6.45) is 2.77. The molecule has 10 heteroatoms. The van der Waals surface area contributed by atoms with Crippen LogP contribution in [0.15, 0.2) is 60.8 Å². The Balaban J connectivity index is 0.00000267. The van der Waals surface area contributed by atoms with Gasteiger partial charge in [0.15, 0.2) is 35.7 Å². The predicted octanol–water partition coefficient (Wildman–Crippen LogP) is 1.22. The number of nitro benzene ring substituents is 1. The SMILES string of the molecule is COc1ccc2cc3[n+](cc2c1OC(=O)c1ccc([N+](=O)[O-])cc1)CCc1cc2c(cc1-3)OCO2.[Cl-]. The second kappa shape index (κ2) is 9.01. The molecule has 0 spiro atoms. The zero-order valence-electron chi connectivity index (χ0n) is 19.0. The highest BCUT2D eigenvalue weighted by molar-refractivity contribution is 5.97. The molecule has 0 unspecified atom stereocenters. The number of nitro groups is 1. The van der Waals surface area contributed by atoms with Gasteiger partial charge in [-0.25, -0.2) is 4.79 Å². The van der Waals surface area contributed by atoms with Crippen molar-refractivity contribution in [3.05, 3.63) is 82.0 Å². The number of ether oxygens (including phenoxy) is 4. The molecule has 0 fully saturated rings. The van der Waals surface area contributed by atoms with Crippen molar-refractivity contribution in [1.82, 2.24) is 0 Å². The molecule has 3 aromatic carbocycles. The van der Waals surface area contributed by atoms with Gasteiger partial charge in [0.2, 0.25) is 12.5 Å². The molecule has 4 aromatic rings. The molecular weight excluding hydrogens is 488 g/mol. The van der Waals surface area contributed by atoms with Crippen molar-refractivity contribution >= 4 is 22.4 Å². The van der Waals surface area contributed by atoms with Crippen LogP contribution in [0.2, 0.25) is 0 Å². The molecule has 0 amide bonds. The summed E-state index contributed by atoms with van der Waals surface area (Å²) in [7, 11) is 1.51. The van der Waals surface area contributed by atoms with E-state index >= 15 is 0 Å². The molecule has 0 aliphatic carbocycles. The van der Waals surface area contributed by atoms with Gasteiger partial charge in [-0.2, -0.15) is 4.57 Å². The molecule has 36 heavy (non-hydrogen) atoms. The van der Waals surface area contributed by atoms with Crippen molar-refractivity contribution < 1.29 is 45.6 Å². The van der Waals surface area contributed by atoms with Crippen LogP contribution in [-0.2, 0) is 13.0 Å². The van der Waals surface area contributed by atoms with Crippen LogP contribution in [0.3, 0.4) is 0 Å². The lowest BCUT2D eigenvalue weighted by Crippen LogP contribution is -3.00. The number of esters is 1. The predicted molar refractivity (Wildman–Crippen MR) is 124 cm³/mol. The average Bonchev–Trinajstić information content (AvgIpc) is 3.34. The summed E-state index contributed by atoms with van der Waals surface area (Å²) in [6, 6.07) is 15.0. The lowest BCUT2D eigenvalue weighted by atomic mass is 9.95. The first-order valence-electron chi connectivity index (χ1n) is 11.0. The fraction of sp³-hybridized carbons (Fsp3) is 0.154. The molecule has 182 valence electrons. The zero-order valence-corrected chi connectivity index (χ0v) is 19.8. The van der Waals surface area contributed by atoms with Crippen LogP contribution in [0.25, 0.3) is 22.0 Å². The van der Waals surface area contributed by atoms with Crippen molar-refractivity contribution in [2.75, 3.05) is 13.9 Å². The van der Waals surface area contributed by atoms with E-state index in [1.807, 2.05) is 24.4 Å². The lowest BCUT2D eigenvalue weighted by molar-refractivity contribution is -0.686. The third-order valence-corrected chi connectivity index (χ3v) is 6.31. The highest BCUT2D eigenvalue weighted by Gasteiger charge is 2.29. The van der Waals surface area contributed by atoms with Crippen molar-refractivity contribution in [3.8, 4) is 34.3 Å². The fourth-order valence-electron chi connectivity index (χ4n) is 4.53. The maximum atomic E-state index is 12.9. The molecule has 3 heterocycles. The number of rotatable bonds is 4. The molecule has 9 nitrogen and oxygen atoms in total. The van der Waals surface area contributed by atoms with Crippen molar-refractivity contribution in [2.45, 2.75) is 13.0 Å². The fourth-order valence-corrected chi connectivity index (χ4v) is 4.53. The maximum absolute atomic E-state index is 12.9. The van der Waals surface area contributed by atoms with Crippen LogP contribution in [-0.4, -0.2) is 24.8 Å². The highest BCUT2D eigenvalue weighted by atomic mass is 35.5. The number of carbonyl (C=O) groups is 1. The summed E-state index contributed by atoms with van der Waals surface area (Å²) >= 11 is 0. The van der Waals surface area contributed by atoms with Gasteiger partial charge in [0, 0.05) is 24.6 Å². The number of carbonyl (C=O) groups excluding carboxylic acids is 1. The highest BCUT2D eigenvalue weighted by Crippen LogP contribution is 2.41. The summed E-state index contributed by atoms with van der Waals surface area (Å²) < 4.78 is 24.5. The van der Waals surface area contributed by atoms with Crippen molar-refractivity contribution in [1.29, 1.82) is 0 Å². The minimum atomic E-state index is -0.633. The molecule has 0 N–H and O–H groups in total. The van der Waals surface area contributed by atoms with Gasteiger partial charge in [-0.1, -0.05) is 0 Å². The third-order valence-electron chi connectivity index (χ3n) is 6.31. The van der Waals surface area contributed by atoms with E-state index in [0.29, 0.717) is 16.9 Å². The van der Waals surface area contributed by atoms with Crippen molar-refractivity contribution in [3.63, 3.8) is 0 Å². The van der Waals surface area contributed by atoms with E-state index in [2.05, 4.69) is 10.6 Å². The van der Waals surface area contributed by atoms with Crippen LogP contribution in [0, 0.1) is 10.1 Å². The first-order valence-corrected chi connectivity index (χ1v) is 11.0. The Morgan fingerprint density at radius 3 is 2.53 bits per heavy atom. The number of non-ortho nitro benzene ring substituents is 1. The molecule has 2 aliphatic rings. The molecule has 0 bridgehead atoms. The van der Waals surface area contributed by atoms with Crippen LogP contribution in [0.1, 0.15) is 15.9 Å². The van der Waals surface area contributed by atoms with Crippen LogP contribution >= 0.6 is 0 Å². The number of methoxy groups -OCH3 is 1. The second-order valence-electron chi connectivity index (χ2n) is 8.26. The molecule has 0 atom stereocenters. The summed E-state index contributed by atoms with van der Waals surface area (Å²) in [5.74, 6) is 1.56. The quantitative estimate of drug-likeness (QED) is 0.135. The Kier molecular flexibility index (Phi) is 5.85. The van der Waals surface area contributed by atoms with E-state index in [9.17, 15) is 14.9 Å². The van der Waals surface area contributed by atoms with Gasteiger partial charge in [-0.3, -0.25) is 10.1 Å². The van der Waals surface area contributed by atoms with Crippen molar-refractivity contribution in [2.24, 2.45) is 0 Å². The Labute approximate surface area is 211 Å². The van der Waals surface area contributed by atoms with Gasteiger partial charge in [-0.15, -0.1) is 0 Å². The molecule has 1 aromatic heterocycles. The number of aromatic nitrogens is 1. The Bertz CT molecular complexity index is 1540. The summed E-state index contributed by atoms with van der Waals surface area (Å²) in [4.78, 5) is 23.3. The minimum Gasteiger partial charge on any atom is -1.00 e. The van der Waals surface area contributed by atoms with E-state index in [4.69, 9.17) is 18.9 Å². The van der Waals surface area contributed by atoms with E-state index in [1.54, 1.807) is 6.07 Å². The minimum absolute atomic E-state index is 0. The third kappa shape index (κ3) is 3.83. The van der Waals surface area contributed by atoms with Gasteiger partial charge in [0.1, 0.15) is 0 Å². The largest absolute Gasteiger partial charge is 1.00 e. The monoisotopic (exact) mass is 506 g/mol. The van der Waals surface area contributed by atoms with Gasteiger partial charge >= 0.3 is 5.97 Å². The maximum Gasteiger partial charge on any atom is 0.343 e. The average molecular weight is 507 g/mol. The second-order valence-corrected chi connectivity index (χ2v) is 8.26. The van der Waals surface area contributed by atoms with Crippen LogP contribution < -0.4 is 35.9 Å². The van der Waals surface area contributed by atoms with Gasteiger partial charge in [0.25, 0.3) is 5.69 Å². The summed E-state index contributed by atoms with van der Waals surface area (Å²) in [6.45, 7) is 0.962. The lowest BCUT2D eigenvalue weighted by Gasteiger charge is -2.17. The van der Waals surface area contributed by atoms with Crippen LogP contribution in [0.4, 0.5) is 5.69 Å². The number of halogens is 1. The number of pyridine rings is 1. The normalized spacial score (nSPS) is 12.8. The Morgan fingerprint density at radius 1 is 1.06 bits per heavy atom. The summed E-state index contributed by atoms with van der Waals surface area (Å²) in [5, 5.41) is 12.5. The van der Waals surface area contributed by atoms with Gasteiger partial charge in [-0.05, 0) is 47.3 Å². The molecule has 2 aliphatic heterocycles. The molecule has 6 rings (SSSR count). The van der Waals surface area contributed by atoms with E-state index < -0.39 is 10.9 Å². The molecule has 0 radical (unpaired) electrons. The number of aryl methyl sites for hydroxylation is 2. The van der Waals surface area contributed by atoms with Gasteiger partial charge in [0.05, 0.1) is 28.5 Å². The number of benzene rings is 3. The summed E-state index contributed by atoms with van der Waals surface area (Å²) in [5.41, 5.74) is 3.38. The Morgan fingerprint density at radius 2 is 1.81 bits per heavy atom. The first kappa shape index (κ1) is 23.4. The van der Waals surface area contributed by atoms with Crippen LogP contribution in [0.5, 0.6) is 23.0 Å². The smallest absolute Gasteiger partial charge is 0.343 e. The number of hydrogen-bond acceptors (Lipinski definition) is 7. The number of nitrogens with zero attached hydrogens (tertiary/aromatic N) is 2.